The van der Waals surface area contributed by atoms with Gasteiger partial charge in [-0.15, -0.1) is 0 Å². The number of carbonyl (C=O) groups is 3. The first-order chi connectivity index (χ1) is 34.2. The van der Waals surface area contributed by atoms with Crippen molar-refractivity contribution in [2.75, 3.05) is 26.4 Å². The minimum absolute atomic E-state index is 0.0560. The summed E-state index contributed by atoms with van der Waals surface area (Å²) < 4.78 is 39.4. The standard InChI is InChI=1S/C58H103O11P/c1-4-7-10-13-16-19-22-25-27-30-32-35-38-41-44-47-56(60)65-51-55(69-58(62)49-46-43-40-37-34-31-28-26-23-20-17-14-11-8-5-2)53-67-70(63,64)66-52-54(50-59)68-57(61)48-45-42-39-36-33-29-24-21-18-15-12-9-6-3/h9,12,18,21,25,27,29,33,39,42,54-55,59H,4-8,10-11,13-17,19-20,22-24,26,28,30-32,34-38,40-41,43-53H2,1-3H3,(H,63,64)/b12-9-,21-18-,27-25-,33-29-,42-39-. The number of esters is 3. The first-order valence-corrected chi connectivity index (χ1v) is 29.7. The lowest BCUT2D eigenvalue weighted by molar-refractivity contribution is -0.161. The van der Waals surface area contributed by atoms with Gasteiger partial charge >= 0.3 is 25.7 Å². The summed E-state index contributed by atoms with van der Waals surface area (Å²) in [6.45, 7) is 4.45. The van der Waals surface area contributed by atoms with Crippen LogP contribution in [-0.2, 0) is 42.2 Å². The number of phosphoric ester groups is 1. The number of aliphatic hydroxyl groups is 1. The van der Waals surface area contributed by atoms with E-state index in [1.54, 1.807) is 0 Å². The molecule has 11 nitrogen and oxygen atoms in total. The molecule has 0 aromatic carbocycles. The molecule has 0 saturated heterocycles. The smallest absolute Gasteiger partial charge is 0.462 e. The Labute approximate surface area is 427 Å². The van der Waals surface area contributed by atoms with E-state index in [0.717, 1.165) is 83.5 Å². The summed E-state index contributed by atoms with van der Waals surface area (Å²) in [6, 6.07) is 0. The number of allylic oxidation sites excluding steroid dienone is 10. The van der Waals surface area contributed by atoms with Crippen LogP contribution < -0.4 is 0 Å². The van der Waals surface area contributed by atoms with Gasteiger partial charge in [-0.25, -0.2) is 4.57 Å². The fourth-order valence-corrected chi connectivity index (χ4v) is 8.44. The highest BCUT2D eigenvalue weighted by Gasteiger charge is 2.28. The Balaban J connectivity index is 4.78. The lowest BCUT2D eigenvalue weighted by atomic mass is 10.0. The number of carbonyl (C=O) groups excluding carboxylic acids is 3. The van der Waals surface area contributed by atoms with Crippen molar-refractivity contribution in [3.8, 4) is 0 Å². The largest absolute Gasteiger partial charge is 0.472 e. The average molecular weight is 1010 g/mol. The molecule has 0 saturated carbocycles. The summed E-state index contributed by atoms with van der Waals surface area (Å²) in [5, 5.41) is 9.78. The van der Waals surface area contributed by atoms with Crippen LogP contribution in [-0.4, -0.2) is 66.5 Å². The van der Waals surface area contributed by atoms with Crippen LogP contribution in [0, 0.1) is 0 Å². The molecular weight excluding hydrogens is 904 g/mol. The summed E-state index contributed by atoms with van der Waals surface area (Å²) in [4.78, 5) is 48.4. The summed E-state index contributed by atoms with van der Waals surface area (Å²) in [5.41, 5.74) is 0. The second kappa shape index (κ2) is 52.5. The predicted molar refractivity (Wildman–Crippen MR) is 288 cm³/mol. The maximum Gasteiger partial charge on any atom is 0.472 e. The Morgan fingerprint density at radius 3 is 1.23 bits per heavy atom. The quantitative estimate of drug-likeness (QED) is 0.0197. The van der Waals surface area contributed by atoms with Gasteiger partial charge in [0.15, 0.2) is 6.10 Å². The Morgan fingerprint density at radius 2 is 0.771 bits per heavy atom. The van der Waals surface area contributed by atoms with Gasteiger partial charge in [0.25, 0.3) is 0 Å². The first-order valence-electron chi connectivity index (χ1n) is 28.2. The summed E-state index contributed by atoms with van der Waals surface area (Å²) in [7, 11) is -4.76. The number of phosphoric acid groups is 1. The van der Waals surface area contributed by atoms with E-state index >= 15 is 0 Å². The van der Waals surface area contributed by atoms with E-state index in [0.29, 0.717) is 19.3 Å². The second-order valence-corrected chi connectivity index (χ2v) is 20.2. The SMILES string of the molecule is CC/C=C\C/C=C\C/C=C\C/C=C\CCC(=O)OC(CO)COP(=O)(O)OCC(COC(=O)CCCCCCC/C=C\CCCCCCCC)OC(=O)CCCCCCCCCCCCCCCCC. The lowest BCUT2D eigenvalue weighted by Crippen LogP contribution is -2.30. The molecule has 406 valence electrons. The van der Waals surface area contributed by atoms with Crippen LogP contribution in [0.15, 0.2) is 60.8 Å². The van der Waals surface area contributed by atoms with E-state index in [4.69, 9.17) is 23.3 Å². The second-order valence-electron chi connectivity index (χ2n) is 18.7. The van der Waals surface area contributed by atoms with Gasteiger partial charge in [0.05, 0.1) is 19.8 Å². The molecule has 0 bridgehead atoms. The van der Waals surface area contributed by atoms with Crippen molar-refractivity contribution in [3.05, 3.63) is 60.8 Å². The maximum atomic E-state index is 12.9. The fraction of sp³-hybridized carbons (Fsp3) is 0.776. The van der Waals surface area contributed by atoms with E-state index in [1.165, 1.54) is 109 Å². The van der Waals surface area contributed by atoms with Crippen molar-refractivity contribution >= 4 is 25.7 Å². The molecule has 0 aliphatic carbocycles. The number of ether oxygens (including phenoxy) is 3. The van der Waals surface area contributed by atoms with Crippen LogP contribution >= 0.6 is 7.82 Å². The number of rotatable bonds is 52. The molecular formula is C58H103O11P. The Bertz CT molecular complexity index is 1410. The molecule has 70 heavy (non-hydrogen) atoms. The zero-order valence-corrected chi connectivity index (χ0v) is 45.6. The number of hydrogen-bond acceptors (Lipinski definition) is 10. The van der Waals surface area contributed by atoms with Crippen LogP contribution in [0.2, 0.25) is 0 Å². The molecule has 3 unspecified atom stereocenters. The van der Waals surface area contributed by atoms with E-state index in [9.17, 15) is 28.9 Å². The van der Waals surface area contributed by atoms with Crippen molar-refractivity contribution in [2.24, 2.45) is 0 Å². The Hall–Kier alpha value is -2.82. The minimum atomic E-state index is -4.76. The van der Waals surface area contributed by atoms with E-state index in [2.05, 4.69) is 69.4 Å². The molecule has 0 radical (unpaired) electrons. The maximum absolute atomic E-state index is 12.9. The number of unbranched alkanes of at least 4 members (excludes halogenated alkanes) is 25. The highest BCUT2D eigenvalue weighted by atomic mass is 31.2. The van der Waals surface area contributed by atoms with Crippen LogP contribution in [0.1, 0.15) is 252 Å². The molecule has 0 aromatic heterocycles. The molecule has 0 rings (SSSR count). The third kappa shape index (κ3) is 50.1. The minimum Gasteiger partial charge on any atom is -0.462 e. The lowest BCUT2D eigenvalue weighted by Gasteiger charge is -2.21. The van der Waals surface area contributed by atoms with Gasteiger partial charge in [-0.1, -0.05) is 223 Å². The van der Waals surface area contributed by atoms with Gasteiger partial charge in [-0.3, -0.25) is 23.4 Å². The van der Waals surface area contributed by atoms with Crippen molar-refractivity contribution in [1.82, 2.24) is 0 Å². The van der Waals surface area contributed by atoms with E-state index in [1.807, 2.05) is 12.2 Å². The van der Waals surface area contributed by atoms with Gasteiger partial charge in [-0.05, 0) is 70.6 Å². The van der Waals surface area contributed by atoms with E-state index < -0.39 is 57.8 Å². The van der Waals surface area contributed by atoms with Gasteiger partial charge in [0.1, 0.15) is 12.7 Å². The third-order valence-electron chi connectivity index (χ3n) is 11.9. The molecule has 0 spiro atoms. The zero-order valence-electron chi connectivity index (χ0n) is 44.7. The zero-order chi connectivity index (χ0) is 51.3. The Kier molecular flexibility index (Phi) is 50.4. The van der Waals surface area contributed by atoms with Crippen LogP contribution in [0.4, 0.5) is 0 Å². The normalized spacial score (nSPS) is 13.8. The molecule has 12 heteroatoms. The van der Waals surface area contributed by atoms with Crippen molar-refractivity contribution < 1.29 is 52.2 Å². The third-order valence-corrected chi connectivity index (χ3v) is 12.9. The molecule has 0 aromatic rings. The van der Waals surface area contributed by atoms with Gasteiger partial charge in [0, 0.05) is 19.3 Å². The predicted octanol–water partition coefficient (Wildman–Crippen LogP) is 16.4. The van der Waals surface area contributed by atoms with Gasteiger partial charge in [-0.2, -0.15) is 0 Å². The highest BCUT2D eigenvalue weighted by Crippen LogP contribution is 2.43. The van der Waals surface area contributed by atoms with Crippen LogP contribution in [0.3, 0.4) is 0 Å². The number of aliphatic hydroxyl groups excluding tert-OH is 1. The molecule has 2 N–H and O–H groups in total. The first kappa shape index (κ1) is 67.2. The fourth-order valence-electron chi connectivity index (χ4n) is 7.66. The summed E-state index contributed by atoms with van der Waals surface area (Å²) >= 11 is 0. The van der Waals surface area contributed by atoms with Gasteiger partial charge in [0.2, 0.25) is 0 Å². The number of hydrogen-bond donors (Lipinski definition) is 2. The molecule has 0 aliphatic heterocycles. The highest BCUT2D eigenvalue weighted by molar-refractivity contribution is 7.47. The van der Waals surface area contributed by atoms with Crippen molar-refractivity contribution in [1.29, 1.82) is 0 Å². The monoisotopic (exact) mass is 1010 g/mol. The Morgan fingerprint density at radius 1 is 0.414 bits per heavy atom. The van der Waals surface area contributed by atoms with Crippen molar-refractivity contribution in [3.63, 3.8) is 0 Å². The molecule has 0 fully saturated rings. The van der Waals surface area contributed by atoms with E-state index in [-0.39, 0.29) is 25.9 Å². The average Bonchev–Trinajstić information content (AvgIpc) is 3.35. The van der Waals surface area contributed by atoms with Crippen molar-refractivity contribution in [2.45, 2.75) is 264 Å². The molecule has 0 aliphatic rings. The molecule has 0 amide bonds. The van der Waals surface area contributed by atoms with Gasteiger partial charge < -0.3 is 24.2 Å². The topological polar surface area (TPSA) is 155 Å². The summed E-state index contributed by atoms with van der Waals surface area (Å²) in [6.07, 6.45) is 56.3. The molecule has 0 heterocycles. The van der Waals surface area contributed by atoms with Crippen LogP contribution in [0.5, 0.6) is 0 Å². The summed E-state index contributed by atoms with van der Waals surface area (Å²) in [5.74, 6) is -1.55. The molecule has 3 atom stereocenters. The van der Waals surface area contributed by atoms with Crippen LogP contribution in [0.25, 0.3) is 0 Å².